The van der Waals surface area contributed by atoms with Crippen molar-refractivity contribution in [1.82, 2.24) is 0 Å². The van der Waals surface area contributed by atoms with Crippen LogP contribution >= 0.6 is 0 Å². The summed E-state index contributed by atoms with van der Waals surface area (Å²) in [5.74, 6) is 0.154. The largest absolute Gasteiger partial charge is 0.293 e. The molecule has 2 nitrogen and oxygen atoms in total. The van der Waals surface area contributed by atoms with E-state index in [-0.39, 0.29) is 17.2 Å². The second-order valence-corrected chi connectivity index (χ2v) is 3.99. The molecule has 0 bridgehead atoms. The maximum Gasteiger partial charge on any atom is 0.175 e. The van der Waals surface area contributed by atoms with Crippen LogP contribution in [0.4, 0.5) is 0 Å². The summed E-state index contributed by atoms with van der Waals surface area (Å²) in [5, 5.41) is 0. The van der Waals surface area contributed by atoms with Crippen LogP contribution in [-0.4, -0.2) is 17.5 Å². The second-order valence-electron chi connectivity index (χ2n) is 3.99. The Morgan fingerprint density at radius 2 is 1.82 bits per heavy atom. The molecule has 0 unspecified atom stereocenters. The van der Waals surface area contributed by atoms with E-state index in [2.05, 4.69) is 4.99 Å². The SMILES string of the molecule is CC(C)C(=O)/C=N/C(C)(C)C. The Hall–Kier alpha value is -0.660. The zero-order valence-electron chi connectivity index (χ0n) is 8.01. The van der Waals surface area contributed by atoms with Crippen LogP contribution in [0.15, 0.2) is 4.99 Å². The van der Waals surface area contributed by atoms with Gasteiger partial charge in [-0.1, -0.05) is 13.8 Å². The lowest BCUT2D eigenvalue weighted by atomic mass is 10.1. The van der Waals surface area contributed by atoms with Gasteiger partial charge in [0, 0.05) is 5.92 Å². The lowest BCUT2D eigenvalue weighted by Gasteiger charge is -2.10. The number of carbonyl (C=O) groups is 1. The molecule has 0 spiro atoms. The van der Waals surface area contributed by atoms with Gasteiger partial charge in [0.05, 0.1) is 11.8 Å². The average Bonchev–Trinajstić information content (AvgIpc) is 1.80. The predicted molar refractivity (Wildman–Crippen MR) is 48.1 cm³/mol. The molecule has 0 saturated carbocycles. The monoisotopic (exact) mass is 155 g/mol. The molecular weight excluding hydrogens is 138 g/mol. The van der Waals surface area contributed by atoms with E-state index in [1.807, 2.05) is 34.6 Å². The average molecular weight is 155 g/mol. The van der Waals surface area contributed by atoms with E-state index >= 15 is 0 Å². The third-order valence-corrected chi connectivity index (χ3v) is 1.15. The Labute approximate surface area is 68.7 Å². The van der Waals surface area contributed by atoms with Gasteiger partial charge in [-0.2, -0.15) is 0 Å². The zero-order valence-corrected chi connectivity index (χ0v) is 8.01. The summed E-state index contributed by atoms with van der Waals surface area (Å²) in [6.45, 7) is 9.65. The first kappa shape index (κ1) is 10.3. The first-order valence-corrected chi connectivity index (χ1v) is 3.92. The van der Waals surface area contributed by atoms with Crippen LogP contribution in [-0.2, 0) is 4.79 Å². The number of Topliss-reactive ketones (excluding diaryl/α,β-unsaturated/α-hetero) is 1. The molecule has 0 radical (unpaired) electrons. The summed E-state index contributed by atoms with van der Waals surface area (Å²) >= 11 is 0. The third kappa shape index (κ3) is 5.77. The zero-order chi connectivity index (χ0) is 9.07. The minimum Gasteiger partial charge on any atom is -0.293 e. The molecule has 0 rings (SSSR count). The number of aliphatic imine (C=N–C) groups is 1. The molecule has 0 atom stereocenters. The van der Waals surface area contributed by atoms with Gasteiger partial charge in [-0.05, 0) is 20.8 Å². The third-order valence-electron chi connectivity index (χ3n) is 1.15. The summed E-state index contributed by atoms with van der Waals surface area (Å²) in [5.41, 5.74) is -0.134. The molecule has 11 heavy (non-hydrogen) atoms. The van der Waals surface area contributed by atoms with Gasteiger partial charge in [0.2, 0.25) is 0 Å². The van der Waals surface area contributed by atoms with E-state index in [9.17, 15) is 4.79 Å². The van der Waals surface area contributed by atoms with Crippen molar-refractivity contribution < 1.29 is 4.79 Å². The Bertz CT molecular complexity index is 163. The normalized spacial score (nSPS) is 12.9. The van der Waals surface area contributed by atoms with Crippen molar-refractivity contribution in [2.45, 2.75) is 40.2 Å². The fraction of sp³-hybridized carbons (Fsp3) is 0.778. The van der Waals surface area contributed by atoms with Gasteiger partial charge in [-0.15, -0.1) is 0 Å². The molecule has 0 aliphatic carbocycles. The summed E-state index contributed by atoms with van der Waals surface area (Å²) in [6.07, 6.45) is 1.44. The number of carbonyl (C=O) groups excluding carboxylic acids is 1. The van der Waals surface area contributed by atoms with Crippen LogP contribution in [0.25, 0.3) is 0 Å². The van der Waals surface area contributed by atoms with Gasteiger partial charge in [0.15, 0.2) is 5.78 Å². The minimum atomic E-state index is -0.134. The summed E-state index contributed by atoms with van der Waals surface area (Å²) in [7, 11) is 0. The second kappa shape index (κ2) is 3.65. The summed E-state index contributed by atoms with van der Waals surface area (Å²) in [4.78, 5) is 15.1. The predicted octanol–water partition coefficient (Wildman–Crippen LogP) is 2.08. The molecule has 64 valence electrons. The van der Waals surface area contributed by atoms with Gasteiger partial charge in [0.25, 0.3) is 0 Å². The first-order chi connectivity index (χ1) is 4.83. The highest BCUT2D eigenvalue weighted by Crippen LogP contribution is 2.05. The summed E-state index contributed by atoms with van der Waals surface area (Å²) < 4.78 is 0. The Kier molecular flexibility index (Phi) is 3.43. The van der Waals surface area contributed by atoms with Crippen LogP contribution in [0.1, 0.15) is 34.6 Å². The lowest BCUT2D eigenvalue weighted by Crippen LogP contribution is -2.15. The number of hydrogen-bond acceptors (Lipinski definition) is 2. The van der Waals surface area contributed by atoms with Crippen molar-refractivity contribution in [3.05, 3.63) is 0 Å². The Morgan fingerprint density at radius 3 is 2.09 bits per heavy atom. The van der Waals surface area contributed by atoms with E-state index < -0.39 is 0 Å². The van der Waals surface area contributed by atoms with E-state index in [4.69, 9.17) is 0 Å². The fourth-order valence-electron chi connectivity index (χ4n) is 0.406. The van der Waals surface area contributed by atoms with E-state index in [0.717, 1.165) is 0 Å². The van der Waals surface area contributed by atoms with Gasteiger partial charge < -0.3 is 0 Å². The molecule has 0 aliphatic heterocycles. The van der Waals surface area contributed by atoms with Crippen molar-refractivity contribution >= 4 is 12.0 Å². The number of hydrogen-bond donors (Lipinski definition) is 0. The number of rotatable bonds is 2. The number of nitrogens with zero attached hydrogens (tertiary/aromatic N) is 1. The molecule has 0 aromatic carbocycles. The maximum absolute atomic E-state index is 11.0. The topological polar surface area (TPSA) is 29.4 Å². The molecule has 0 aromatic heterocycles. The van der Waals surface area contributed by atoms with Crippen molar-refractivity contribution in [1.29, 1.82) is 0 Å². The maximum atomic E-state index is 11.0. The quantitative estimate of drug-likeness (QED) is 0.561. The van der Waals surface area contributed by atoms with Crippen LogP contribution in [0.3, 0.4) is 0 Å². The molecule has 0 amide bonds. The molecule has 0 fully saturated rings. The number of ketones is 1. The van der Waals surface area contributed by atoms with Crippen molar-refractivity contribution in [2.75, 3.05) is 0 Å². The van der Waals surface area contributed by atoms with Gasteiger partial charge in [-0.25, -0.2) is 0 Å². The molecular formula is C9H17NO. The smallest absolute Gasteiger partial charge is 0.175 e. The lowest BCUT2D eigenvalue weighted by molar-refractivity contribution is -0.115. The molecule has 0 aliphatic rings. The highest BCUT2D eigenvalue weighted by molar-refractivity contribution is 6.28. The van der Waals surface area contributed by atoms with Crippen molar-refractivity contribution in [2.24, 2.45) is 10.9 Å². The first-order valence-electron chi connectivity index (χ1n) is 3.92. The highest BCUT2D eigenvalue weighted by Gasteiger charge is 2.08. The highest BCUT2D eigenvalue weighted by atomic mass is 16.1. The van der Waals surface area contributed by atoms with Crippen LogP contribution in [0.5, 0.6) is 0 Å². The van der Waals surface area contributed by atoms with E-state index in [1.165, 1.54) is 6.21 Å². The molecule has 2 heteroatoms. The van der Waals surface area contributed by atoms with Crippen LogP contribution < -0.4 is 0 Å². The van der Waals surface area contributed by atoms with Crippen LogP contribution in [0.2, 0.25) is 0 Å². The minimum absolute atomic E-state index is 0.0566. The molecule has 0 aromatic rings. The van der Waals surface area contributed by atoms with Gasteiger partial charge in [-0.3, -0.25) is 9.79 Å². The molecule has 0 saturated heterocycles. The van der Waals surface area contributed by atoms with Gasteiger partial charge in [0.1, 0.15) is 0 Å². The van der Waals surface area contributed by atoms with Gasteiger partial charge >= 0.3 is 0 Å². The standard InChI is InChI=1S/C9H17NO/c1-7(2)8(11)6-10-9(3,4)5/h6-7H,1-5H3/b10-6+. The molecule has 0 N–H and O–H groups in total. The Balaban J connectivity index is 4.05. The van der Waals surface area contributed by atoms with Crippen molar-refractivity contribution in [3.8, 4) is 0 Å². The Morgan fingerprint density at radius 1 is 1.36 bits per heavy atom. The molecule has 0 heterocycles. The van der Waals surface area contributed by atoms with E-state index in [1.54, 1.807) is 0 Å². The van der Waals surface area contributed by atoms with Crippen LogP contribution in [0, 0.1) is 5.92 Å². The van der Waals surface area contributed by atoms with Crippen molar-refractivity contribution in [3.63, 3.8) is 0 Å². The fourth-order valence-corrected chi connectivity index (χ4v) is 0.406. The summed E-state index contributed by atoms with van der Waals surface area (Å²) in [6, 6.07) is 0. The van der Waals surface area contributed by atoms with E-state index in [0.29, 0.717) is 0 Å².